The van der Waals surface area contributed by atoms with Gasteiger partial charge >= 0.3 is 0 Å². The molecule has 0 amide bonds. The van der Waals surface area contributed by atoms with Crippen LogP contribution in [-0.4, -0.2) is 11.3 Å². The van der Waals surface area contributed by atoms with Crippen molar-refractivity contribution in [1.82, 2.24) is 0 Å². The van der Waals surface area contributed by atoms with Crippen molar-refractivity contribution >= 4 is 45.3 Å². The van der Waals surface area contributed by atoms with Gasteiger partial charge in [0.25, 0.3) is 0 Å². The monoisotopic (exact) mass is 543 g/mol. The van der Waals surface area contributed by atoms with Gasteiger partial charge in [-0.2, -0.15) is 5.26 Å². The number of phenols is 1. The Hall–Kier alpha value is -3.83. The van der Waals surface area contributed by atoms with Crippen LogP contribution in [0.4, 0.5) is 5.69 Å². The molecule has 0 saturated carbocycles. The van der Waals surface area contributed by atoms with Gasteiger partial charge in [-0.25, -0.2) is 0 Å². The van der Waals surface area contributed by atoms with Gasteiger partial charge < -0.3 is 15.6 Å². The zero-order chi connectivity index (χ0) is 22.9. The van der Waals surface area contributed by atoms with Crippen LogP contribution in [0.25, 0.3) is 10.8 Å². The second-order valence-corrected chi connectivity index (χ2v) is 8.93. The average Bonchev–Trinajstić information content (AvgIpc) is 2.82. The molecule has 5 rings (SSSR count). The zero-order valence-electron chi connectivity index (χ0n) is 17.4. The standard InChI is InChI=1S/C27H18IN3O2/c28-19-8-3-7-17(11-19)26-21-12-18(24(32)13-25(21)33-27(30)22(26)14-29)15-31-23-10-4-6-16-5-1-2-9-20(16)23/h1-13,15,26,32H,30H2/t26-/m0/s1. The first-order valence-corrected chi connectivity index (χ1v) is 11.3. The van der Waals surface area contributed by atoms with E-state index in [1.54, 1.807) is 6.21 Å². The Bertz CT molecular complexity index is 1500. The van der Waals surface area contributed by atoms with Crippen molar-refractivity contribution in [2.75, 3.05) is 0 Å². The highest BCUT2D eigenvalue weighted by Crippen LogP contribution is 2.44. The van der Waals surface area contributed by atoms with Gasteiger partial charge in [-0.1, -0.05) is 48.5 Å². The maximum absolute atomic E-state index is 10.7. The molecular weight excluding hydrogens is 525 g/mol. The summed E-state index contributed by atoms with van der Waals surface area (Å²) in [5.41, 5.74) is 9.42. The Morgan fingerprint density at radius 2 is 1.82 bits per heavy atom. The molecule has 5 nitrogen and oxygen atoms in total. The summed E-state index contributed by atoms with van der Waals surface area (Å²) in [4.78, 5) is 4.65. The molecule has 3 N–H and O–H groups in total. The fraction of sp³-hybridized carbons (Fsp3) is 0.0370. The molecule has 6 heteroatoms. The van der Waals surface area contributed by atoms with E-state index in [2.05, 4.69) is 33.7 Å². The van der Waals surface area contributed by atoms with Crippen LogP contribution in [0.15, 0.2) is 95.3 Å². The minimum Gasteiger partial charge on any atom is -0.507 e. The smallest absolute Gasteiger partial charge is 0.205 e. The molecule has 0 saturated heterocycles. The van der Waals surface area contributed by atoms with Crippen molar-refractivity contribution in [3.63, 3.8) is 0 Å². The van der Waals surface area contributed by atoms with E-state index in [0.717, 1.165) is 31.2 Å². The van der Waals surface area contributed by atoms with Gasteiger partial charge in [0, 0.05) is 32.4 Å². The molecule has 0 unspecified atom stereocenters. The fourth-order valence-corrected chi connectivity index (χ4v) is 4.67. The number of nitrogens with zero attached hydrogens (tertiary/aromatic N) is 2. The number of allylic oxidation sites excluding steroid dienone is 1. The number of hydrogen-bond acceptors (Lipinski definition) is 5. The summed E-state index contributed by atoms with van der Waals surface area (Å²) in [7, 11) is 0. The van der Waals surface area contributed by atoms with E-state index in [1.165, 1.54) is 6.07 Å². The maximum atomic E-state index is 10.7. The fourth-order valence-electron chi connectivity index (χ4n) is 4.10. The summed E-state index contributed by atoms with van der Waals surface area (Å²) in [6.07, 6.45) is 1.64. The molecule has 0 aliphatic carbocycles. The Balaban J connectivity index is 1.63. The SMILES string of the molecule is N#CC1=C(N)Oc2cc(O)c(C=Nc3cccc4ccccc34)cc2[C@@H]1c1cccc(I)c1. The van der Waals surface area contributed by atoms with E-state index in [0.29, 0.717) is 16.9 Å². The number of aliphatic imine (C=N–C) groups is 1. The molecule has 1 aliphatic rings. The van der Waals surface area contributed by atoms with Crippen LogP contribution < -0.4 is 10.5 Å². The summed E-state index contributed by atoms with van der Waals surface area (Å²) in [5, 5.41) is 22.6. The highest BCUT2D eigenvalue weighted by Gasteiger charge is 2.31. The van der Waals surface area contributed by atoms with Gasteiger partial charge in [0.05, 0.1) is 11.6 Å². The highest BCUT2D eigenvalue weighted by atomic mass is 127. The summed E-state index contributed by atoms with van der Waals surface area (Å²) in [6, 6.07) is 27.4. The number of benzene rings is 4. The summed E-state index contributed by atoms with van der Waals surface area (Å²) < 4.78 is 6.75. The Morgan fingerprint density at radius 1 is 1.03 bits per heavy atom. The molecule has 1 aliphatic heterocycles. The van der Waals surface area contributed by atoms with Crippen LogP contribution in [0.3, 0.4) is 0 Å². The number of aromatic hydroxyl groups is 1. The molecule has 33 heavy (non-hydrogen) atoms. The molecule has 1 atom stereocenters. The first-order valence-electron chi connectivity index (χ1n) is 10.3. The number of hydrogen-bond donors (Lipinski definition) is 2. The van der Waals surface area contributed by atoms with E-state index in [4.69, 9.17) is 10.5 Å². The predicted octanol–water partition coefficient (Wildman–Crippen LogP) is 6.12. The lowest BCUT2D eigenvalue weighted by Crippen LogP contribution is -2.21. The van der Waals surface area contributed by atoms with Gasteiger partial charge in [-0.05, 0) is 57.8 Å². The summed E-state index contributed by atoms with van der Waals surface area (Å²) >= 11 is 2.24. The van der Waals surface area contributed by atoms with E-state index in [1.807, 2.05) is 72.8 Å². The summed E-state index contributed by atoms with van der Waals surface area (Å²) in [6.45, 7) is 0. The number of fused-ring (bicyclic) bond motifs is 2. The Labute approximate surface area is 204 Å². The first-order chi connectivity index (χ1) is 16.0. The van der Waals surface area contributed by atoms with Crippen molar-refractivity contribution in [2.45, 2.75) is 5.92 Å². The first kappa shape index (κ1) is 21.0. The lowest BCUT2D eigenvalue weighted by Gasteiger charge is -2.27. The van der Waals surface area contributed by atoms with Gasteiger partial charge in [-0.3, -0.25) is 4.99 Å². The van der Waals surface area contributed by atoms with Crippen molar-refractivity contribution in [2.24, 2.45) is 10.7 Å². The Morgan fingerprint density at radius 3 is 2.64 bits per heavy atom. The molecule has 0 bridgehead atoms. The third-order valence-electron chi connectivity index (χ3n) is 5.66. The zero-order valence-corrected chi connectivity index (χ0v) is 19.5. The topological polar surface area (TPSA) is 91.6 Å². The van der Waals surface area contributed by atoms with Gasteiger partial charge in [0.15, 0.2) is 0 Å². The number of ether oxygens (including phenoxy) is 1. The predicted molar refractivity (Wildman–Crippen MR) is 138 cm³/mol. The van der Waals surface area contributed by atoms with Gasteiger partial charge in [-0.15, -0.1) is 0 Å². The largest absolute Gasteiger partial charge is 0.507 e. The van der Waals surface area contributed by atoms with Crippen molar-refractivity contribution in [3.8, 4) is 17.6 Å². The van der Waals surface area contributed by atoms with Gasteiger partial charge in [0.1, 0.15) is 23.1 Å². The Kier molecular flexibility index (Phi) is 5.48. The third kappa shape index (κ3) is 3.92. The molecule has 1 heterocycles. The quantitative estimate of drug-likeness (QED) is 0.241. The van der Waals surface area contributed by atoms with Crippen molar-refractivity contribution < 1.29 is 9.84 Å². The van der Waals surface area contributed by atoms with Crippen LogP contribution >= 0.6 is 22.6 Å². The van der Waals surface area contributed by atoms with Crippen LogP contribution in [-0.2, 0) is 0 Å². The van der Waals surface area contributed by atoms with E-state index in [-0.39, 0.29) is 11.6 Å². The van der Waals surface area contributed by atoms with Crippen LogP contribution in [0.2, 0.25) is 0 Å². The number of nitrogens with two attached hydrogens (primary N) is 1. The summed E-state index contributed by atoms with van der Waals surface area (Å²) in [5.74, 6) is 0.0895. The van der Waals surface area contributed by atoms with Crippen molar-refractivity contribution in [1.29, 1.82) is 5.26 Å². The van der Waals surface area contributed by atoms with Gasteiger partial charge in [0.2, 0.25) is 5.88 Å². The number of phenolic OH excluding ortho intramolecular Hbond substituents is 1. The van der Waals surface area contributed by atoms with E-state index < -0.39 is 5.92 Å². The molecule has 0 aromatic heterocycles. The van der Waals surface area contributed by atoms with E-state index >= 15 is 0 Å². The molecule has 4 aromatic carbocycles. The van der Waals surface area contributed by atoms with E-state index in [9.17, 15) is 10.4 Å². The number of nitriles is 1. The van der Waals surface area contributed by atoms with Crippen LogP contribution in [0.5, 0.6) is 11.5 Å². The minimum absolute atomic E-state index is 0.0207. The van der Waals surface area contributed by atoms with Crippen molar-refractivity contribution in [3.05, 3.63) is 111 Å². The molecule has 4 aromatic rings. The minimum atomic E-state index is -0.404. The lowest BCUT2D eigenvalue weighted by atomic mass is 9.83. The lowest BCUT2D eigenvalue weighted by molar-refractivity contribution is 0.388. The number of halogens is 1. The van der Waals surface area contributed by atoms with Crippen LogP contribution in [0.1, 0.15) is 22.6 Å². The maximum Gasteiger partial charge on any atom is 0.205 e. The molecule has 0 fully saturated rings. The molecular formula is C27H18IN3O2. The molecule has 160 valence electrons. The van der Waals surface area contributed by atoms with Crippen LogP contribution in [0, 0.1) is 14.9 Å². The average molecular weight is 543 g/mol. The highest BCUT2D eigenvalue weighted by molar-refractivity contribution is 14.1. The second kappa shape index (κ2) is 8.60. The third-order valence-corrected chi connectivity index (χ3v) is 6.33. The second-order valence-electron chi connectivity index (χ2n) is 7.69. The molecule has 0 spiro atoms. The number of rotatable bonds is 3. The normalized spacial score (nSPS) is 15.3. The molecule has 0 radical (unpaired) electrons.